The molecule has 2 aromatic rings. The van der Waals surface area contributed by atoms with Crippen LogP contribution in [0.25, 0.3) is 0 Å². The van der Waals surface area contributed by atoms with Gasteiger partial charge in [-0.15, -0.1) is 0 Å². The molecular weight excluding hydrogens is 322 g/mol. The molecule has 0 bridgehead atoms. The molecule has 1 amide bonds. The van der Waals surface area contributed by atoms with Crippen molar-refractivity contribution in [1.82, 2.24) is 5.32 Å². The Hall–Kier alpha value is -3.02. The lowest BCUT2D eigenvalue weighted by Crippen LogP contribution is -2.31. The lowest BCUT2D eigenvalue weighted by molar-refractivity contribution is -0.124. The Bertz CT molecular complexity index is 744. The highest BCUT2D eigenvalue weighted by molar-refractivity contribution is 5.91. The number of esters is 1. The first-order valence-corrected chi connectivity index (χ1v) is 7.78. The van der Waals surface area contributed by atoms with Crippen molar-refractivity contribution in [2.45, 2.75) is 13.0 Å². The van der Waals surface area contributed by atoms with Crippen molar-refractivity contribution in [3.05, 3.63) is 59.7 Å². The first-order chi connectivity index (χ1) is 12.0. The third-order valence-corrected chi connectivity index (χ3v) is 3.61. The predicted octanol–water partition coefficient (Wildman–Crippen LogP) is 2.74. The normalized spacial score (nSPS) is 11.3. The van der Waals surface area contributed by atoms with Crippen LogP contribution in [-0.4, -0.2) is 32.7 Å². The Kier molecular flexibility index (Phi) is 6.39. The van der Waals surface area contributed by atoms with Gasteiger partial charge in [0, 0.05) is 0 Å². The molecule has 1 unspecified atom stereocenters. The zero-order valence-corrected chi connectivity index (χ0v) is 14.4. The monoisotopic (exact) mass is 343 g/mol. The van der Waals surface area contributed by atoms with Crippen LogP contribution in [-0.2, 0) is 9.53 Å². The molecule has 25 heavy (non-hydrogen) atoms. The minimum atomic E-state index is -0.580. The van der Waals surface area contributed by atoms with Crippen molar-refractivity contribution >= 4 is 11.9 Å². The number of amides is 1. The first-order valence-electron chi connectivity index (χ1n) is 7.78. The first kappa shape index (κ1) is 18.3. The molecular formula is C19H21NO5. The highest BCUT2D eigenvalue weighted by Gasteiger charge is 2.14. The molecule has 0 saturated carbocycles. The lowest BCUT2D eigenvalue weighted by Gasteiger charge is -2.15. The highest BCUT2D eigenvalue weighted by atomic mass is 16.5. The number of nitrogens with one attached hydrogen (secondary N) is 1. The zero-order chi connectivity index (χ0) is 18.2. The fourth-order valence-corrected chi connectivity index (χ4v) is 2.24. The zero-order valence-electron chi connectivity index (χ0n) is 14.4. The van der Waals surface area contributed by atoms with Crippen molar-refractivity contribution in [3.8, 4) is 11.5 Å². The molecule has 1 N–H and O–H groups in total. The maximum Gasteiger partial charge on any atom is 0.338 e. The molecule has 0 aliphatic heterocycles. The average Bonchev–Trinajstić information content (AvgIpc) is 2.66. The Balaban J connectivity index is 1.88. The third-order valence-electron chi connectivity index (χ3n) is 3.61. The molecule has 2 aromatic carbocycles. The Morgan fingerprint density at radius 2 is 1.64 bits per heavy atom. The summed E-state index contributed by atoms with van der Waals surface area (Å²) in [6, 6.07) is 13.7. The standard InChI is InChI=1S/C19H21NO5/c1-13(14-6-4-8-16(10-14)23-2)20-18(21)12-25-19(22)15-7-5-9-17(11-15)24-3/h4-11,13H,12H2,1-3H3,(H,20,21). The summed E-state index contributed by atoms with van der Waals surface area (Å²) in [6.07, 6.45) is 0. The van der Waals surface area contributed by atoms with Crippen LogP contribution >= 0.6 is 0 Å². The molecule has 0 radical (unpaired) electrons. The van der Waals surface area contributed by atoms with Gasteiger partial charge in [0.2, 0.25) is 0 Å². The number of rotatable bonds is 7. The van der Waals surface area contributed by atoms with Gasteiger partial charge in [0.05, 0.1) is 25.8 Å². The second-order valence-electron chi connectivity index (χ2n) is 5.37. The smallest absolute Gasteiger partial charge is 0.338 e. The van der Waals surface area contributed by atoms with E-state index in [-0.39, 0.29) is 18.6 Å². The average molecular weight is 343 g/mol. The third kappa shape index (κ3) is 5.24. The van der Waals surface area contributed by atoms with Gasteiger partial charge in [-0.05, 0) is 42.8 Å². The maximum atomic E-state index is 12.0. The predicted molar refractivity (Wildman–Crippen MR) is 92.8 cm³/mol. The summed E-state index contributed by atoms with van der Waals surface area (Å²) < 4.78 is 15.3. The van der Waals surface area contributed by atoms with Crippen LogP contribution in [0, 0.1) is 0 Å². The Morgan fingerprint density at radius 3 is 2.32 bits per heavy atom. The fraction of sp³-hybridized carbons (Fsp3) is 0.263. The minimum Gasteiger partial charge on any atom is -0.497 e. The van der Waals surface area contributed by atoms with Crippen LogP contribution in [0.3, 0.4) is 0 Å². The topological polar surface area (TPSA) is 73.9 Å². The minimum absolute atomic E-state index is 0.238. The van der Waals surface area contributed by atoms with Crippen LogP contribution < -0.4 is 14.8 Å². The number of carbonyl (C=O) groups is 2. The van der Waals surface area contributed by atoms with E-state index in [1.54, 1.807) is 31.4 Å². The molecule has 0 aromatic heterocycles. The summed E-state index contributed by atoms with van der Waals surface area (Å²) in [4.78, 5) is 24.0. The van der Waals surface area contributed by atoms with E-state index < -0.39 is 5.97 Å². The molecule has 1 atom stereocenters. The van der Waals surface area contributed by atoms with Gasteiger partial charge in [-0.25, -0.2) is 4.79 Å². The van der Waals surface area contributed by atoms with Crippen LogP contribution in [0.2, 0.25) is 0 Å². The van der Waals surface area contributed by atoms with Crippen molar-refractivity contribution < 1.29 is 23.8 Å². The highest BCUT2D eigenvalue weighted by Crippen LogP contribution is 2.18. The van der Waals surface area contributed by atoms with E-state index in [2.05, 4.69) is 5.32 Å². The quantitative estimate of drug-likeness (QED) is 0.783. The van der Waals surface area contributed by atoms with E-state index in [4.69, 9.17) is 14.2 Å². The summed E-state index contributed by atoms with van der Waals surface area (Å²) in [6.45, 7) is 1.49. The molecule has 0 aliphatic carbocycles. The number of carbonyl (C=O) groups excluding carboxylic acids is 2. The molecule has 0 fully saturated rings. The largest absolute Gasteiger partial charge is 0.497 e. The van der Waals surface area contributed by atoms with Crippen molar-refractivity contribution in [1.29, 1.82) is 0 Å². The number of benzene rings is 2. The van der Waals surface area contributed by atoms with E-state index in [1.165, 1.54) is 7.11 Å². The second-order valence-corrected chi connectivity index (χ2v) is 5.37. The lowest BCUT2D eigenvalue weighted by atomic mass is 10.1. The summed E-state index contributed by atoms with van der Waals surface area (Å²) in [5.74, 6) is 0.295. The van der Waals surface area contributed by atoms with E-state index in [9.17, 15) is 9.59 Å². The van der Waals surface area contributed by atoms with Crippen molar-refractivity contribution in [2.24, 2.45) is 0 Å². The van der Waals surface area contributed by atoms with E-state index in [1.807, 2.05) is 31.2 Å². The van der Waals surface area contributed by atoms with Crippen LogP contribution in [0.4, 0.5) is 0 Å². The molecule has 0 aliphatic rings. The molecule has 6 nitrogen and oxygen atoms in total. The van der Waals surface area contributed by atoms with Gasteiger partial charge >= 0.3 is 5.97 Å². The van der Waals surface area contributed by atoms with Gasteiger partial charge in [-0.1, -0.05) is 18.2 Å². The Morgan fingerprint density at radius 1 is 1.00 bits per heavy atom. The van der Waals surface area contributed by atoms with Gasteiger partial charge < -0.3 is 19.5 Å². The van der Waals surface area contributed by atoms with Crippen LogP contribution in [0.5, 0.6) is 11.5 Å². The van der Waals surface area contributed by atoms with Gasteiger partial charge in [-0.3, -0.25) is 4.79 Å². The molecule has 0 spiro atoms. The Labute approximate surface area is 146 Å². The fourth-order valence-electron chi connectivity index (χ4n) is 2.24. The van der Waals surface area contributed by atoms with Gasteiger partial charge in [0.25, 0.3) is 5.91 Å². The van der Waals surface area contributed by atoms with Crippen molar-refractivity contribution in [3.63, 3.8) is 0 Å². The summed E-state index contributed by atoms with van der Waals surface area (Å²) in [5.41, 5.74) is 1.22. The van der Waals surface area contributed by atoms with Crippen LogP contribution in [0.1, 0.15) is 28.9 Å². The van der Waals surface area contributed by atoms with Gasteiger partial charge in [0.1, 0.15) is 11.5 Å². The SMILES string of the molecule is COc1cccc(C(=O)OCC(=O)NC(C)c2cccc(OC)c2)c1. The van der Waals surface area contributed by atoms with Gasteiger partial charge in [-0.2, -0.15) is 0 Å². The summed E-state index contributed by atoms with van der Waals surface area (Å²) in [7, 11) is 3.10. The number of hydrogen-bond acceptors (Lipinski definition) is 5. The van der Waals surface area contributed by atoms with E-state index in [0.29, 0.717) is 17.1 Å². The molecule has 132 valence electrons. The molecule has 6 heteroatoms. The number of hydrogen-bond donors (Lipinski definition) is 1. The number of ether oxygens (including phenoxy) is 3. The maximum absolute atomic E-state index is 12.0. The molecule has 2 rings (SSSR count). The molecule has 0 saturated heterocycles. The summed E-state index contributed by atoms with van der Waals surface area (Å²) in [5, 5.41) is 2.78. The number of methoxy groups -OCH3 is 2. The van der Waals surface area contributed by atoms with Gasteiger partial charge in [0.15, 0.2) is 6.61 Å². The van der Waals surface area contributed by atoms with Crippen LogP contribution in [0.15, 0.2) is 48.5 Å². The molecule has 0 heterocycles. The summed E-state index contributed by atoms with van der Waals surface area (Å²) >= 11 is 0. The van der Waals surface area contributed by atoms with E-state index >= 15 is 0 Å². The van der Waals surface area contributed by atoms with Crippen molar-refractivity contribution in [2.75, 3.05) is 20.8 Å². The van der Waals surface area contributed by atoms with E-state index in [0.717, 1.165) is 5.56 Å². The second kappa shape index (κ2) is 8.73.